The summed E-state index contributed by atoms with van der Waals surface area (Å²) in [7, 11) is -3.64. The summed E-state index contributed by atoms with van der Waals surface area (Å²) >= 11 is 0. The van der Waals surface area contributed by atoms with E-state index in [9.17, 15) is 4.79 Å². The summed E-state index contributed by atoms with van der Waals surface area (Å²) in [5.41, 5.74) is 0.770. The van der Waals surface area contributed by atoms with Crippen LogP contribution in [0.2, 0.25) is 36.3 Å². The van der Waals surface area contributed by atoms with Crippen molar-refractivity contribution in [1.29, 1.82) is 0 Å². The second-order valence-electron chi connectivity index (χ2n) is 10.7. The van der Waals surface area contributed by atoms with Gasteiger partial charge in [-0.05, 0) is 61.1 Å². The number of aldehydes is 1. The van der Waals surface area contributed by atoms with E-state index in [1.807, 2.05) is 13.0 Å². The lowest BCUT2D eigenvalue weighted by molar-refractivity contribution is -0.104. The van der Waals surface area contributed by atoms with Gasteiger partial charge in [0, 0.05) is 6.61 Å². The van der Waals surface area contributed by atoms with Crippen molar-refractivity contribution in [3.63, 3.8) is 0 Å². The van der Waals surface area contributed by atoms with E-state index >= 15 is 0 Å². The zero-order valence-corrected chi connectivity index (χ0v) is 21.4. The average Bonchev–Trinajstić information content (AvgIpc) is 2.43. The Labute approximate surface area is 165 Å². The summed E-state index contributed by atoms with van der Waals surface area (Å²) in [6.45, 7) is 27.5. The molecule has 0 spiro atoms. The molecule has 0 rings (SSSR count). The molecule has 26 heavy (non-hydrogen) atoms. The summed E-state index contributed by atoms with van der Waals surface area (Å²) < 4.78 is 13.1. The zero-order chi connectivity index (χ0) is 21.0. The first-order valence-corrected chi connectivity index (χ1v) is 15.7. The second kappa shape index (κ2) is 9.31. The van der Waals surface area contributed by atoms with E-state index in [-0.39, 0.29) is 22.1 Å². The minimum absolute atomic E-state index is 0.0792. The lowest BCUT2D eigenvalue weighted by Crippen LogP contribution is -2.46. The van der Waals surface area contributed by atoms with Gasteiger partial charge in [0.25, 0.3) is 0 Å². The monoisotopic (exact) mass is 400 g/mol. The molecule has 0 unspecified atom stereocenters. The van der Waals surface area contributed by atoms with Gasteiger partial charge in [0.1, 0.15) is 6.29 Å². The molecule has 0 radical (unpaired) electrons. The zero-order valence-electron chi connectivity index (χ0n) is 19.4. The third kappa shape index (κ3) is 7.79. The van der Waals surface area contributed by atoms with E-state index in [0.29, 0.717) is 6.61 Å². The molecular weight excluding hydrogens is 356 g/mol. The first kappa shape index (κ1) is 25.8. The van der Waals surface area contributed by atoms with Crippen molar-refractivity contribution < 1.29 is 13.6 Å². The number of hydrogen-bond donors (Lipinski definition) is 0. The van der Waals surface area contributed by atoms with E-state index in [0.717, 1.165) is 18.3 Å². The molecule has 3 nitrogen and oxygen atoms in total. The quantitative estimate of drug-likeness (QED) is 0.249. The van der Waals surface area contributed by atoms with Crippen molar-refractivity contribution in [3.8, 4) is 0 Å². The van der Waals surface area contributed by atoms with Crippen LogP contribution in [0, 0.1) is 5.92 Å². The van der Waals surface area contributed by atoms with Crippen LogP contribution in [-0.2, 0) is 13.6 Å². The van der Waals surface area contributed by atoms with Crippen LogP contribution in [0.5, 0.6) is 0 Å². The summed E-state index contributed by atoms with van der Waals surface area (Å²) in [6, 6.07) is 0. The van der Waals surface area contributed by atoms with Gasteiger partial charge in [-0.25, -0.2) is 0 Å². The Morgan fingerprint density at radius 1 is 0.962 bits per heavy atom. The fourth-order valence-corrected chi connectivity index (χ4v) is 4.70. The predicted molar refractivity (Wildman–Crippen MR) is 119 cm³/mol. The van der Waals surface area contributed by atoms with Crippen molar-refractivity contribution in [2.75, 3.05) is 6.61 Å². The van der Waals surface area contributed by atoms with Crippen LogP contribution >= 0.6 is 0 Å². The lowest BCUT2D eigenvalue weighted by Gasteiger charge is -2.41. The number of hydrogen-bond acceptors (Lipinski definition) is 3. The van der Waals surface area contributed by atoms with Crippen LogP contribution in [0.15, 0.2) is 11.6 Å². The first-order chi connectivity index (χ1) is 11.4. The van der Waals surface area contributed by atoms with Crippen molar-refractivity contribution in [2.24, 2.45) is 5.92 Å². The maximum Gasteiger partial charge on any atom is 0.192 e. The van der Waals surface area contributed by atoms with E-state index in [2.05, 4.69) is 74.7 Å². The molecule has 0 aliphatic rings. The van der Waals surface area contributed by atoms with E-state index in [1.165, 1.54) is 0 Å². The van der Waals surface area contributed by atoms with E-state index < -0.39 is 16.6 Å². The smallest absolute Gasteiger partial charge is 0.192 e. The standard InChI is InChI=1S/C21H44O3Si2/c1-17(16-22)15-18(2)19(24-26(11,12)21(6,7)8)13-14-23-25(9,10)20(3,4)5/h15-16,18-19H,13-14H2,1-12H3/b17-15+/t18-,19-/m0/s1. The van der Waals surface area contributed by atoms with Crippen molar-refractivity contribution in [1.82, 2.24) is 0 Å². The third-order valence-electron chi connectivity index (χ3n) is 6.22. The van der Waals surface area contributed by atoms with Crippen LogP contribution < -0.4 is 0 Å². The van der Waals surface area contributed by atoms with Crippen molar-refractivity contribution in [3.05, 3.63) is 11.6 Å². The fourth-order valence-electron chi connectivity index (χ4n) is 2.19. The summed E-state index contributed by atoms with van der Waals surface area (Å²) in [5.74, 6) is 0.192. The van der Waals surface area contributed by atoms with Gasteiger partial charge in [0.05, 0.1) is 6.10 Å². The van der Waals surface area contributed by atoms with Crippen molar-refractivity contribution >= 4 is 22.9 Å². The Morgan fingerprint density at radius 2 is 1.42 bits per heavy atom. The summed E-state index contributed by atoms with van der Waals surface area (Å²) in [5, 5.41) is 0.372. The highest BCUT2D eigenvalue weighted by molar-refractivity contribution is 6.74. The van der Waals surface area contributed by atoms with Gasteiger partial charge in [-0.2, -0.15) is 0 Å². The number of carbonyl (C=O) groups excluding carboxylic acids is 1. The van der Waals surface area contributed by atoms with E-state index in [1.54, 1.807) is 0 Å². The molecule has 0 saturated carbocycles. The van der Waals surface area contributed by atoms with Crippen LogP contribution in [0.1, 0.15) is 61.8 Å². The second-order valence-corrected chi connectivity index (χ2v) is 20.3. The number of allylic oxidation sites excluding steroid dienone is 1. The minimum Gasteiger partial charge on any atom is -0.417 e. The summed E-state index contributed by atoms with van der Waals surface area (Å²) in [4.78, 5) is 11.0. The average molecular weight is 401 g/mol. The van der Waals surface area contributed by atoms with Gasteiger partial charge in [0.2, 0.25) is 0 Å². The van der Waals surface area contributed by atoms with Crippen LogP contribution in [0.25, 0.3) is 0 Å². The maximum absolute atomic E-state index is 11.0. The van der Waals surface area contributed by atoms with E-state index in [4.69, 9.17) is 8.85 Å². The molecule has 0 bridgehead atoms. The molecule has 154 valence electrons. The van der Waals surface area contributed by atoms with Gasteiger partial charge >= 0.3 is 0 Å². The Balaban J connectivity index is 5.27. The normalized spacial score (nSPS) is 17.2. The Morgan fingerprint density at radius 3 is 1.81 bits per heavy atom. The molecule has 2 atom stereocenters. The molecule has 0 aliphatic heterocycles. The largest absolute Gasteiger partial charge is 0.417 e. The Kier molecular flexibility index (Phi) is 9.22. The molecule has 0 heterocycles. The molecular formula is C21H44O3Si2. The number of carbonyl (C=O) groups is 1. The first-order valence-electron chi connectivity index (χ1n) is 9.90. The predicted octanol–water partition coefficient (Wildman–Crippen LogP) is 6.57. The highest BCUT2D eigenvalue weighted by atomic mass is 28.4. The molecule has 0 N–H and O–H groups in total. The molecule has 0 aliphatic carbocycles. The maximum atomic E-state index is 11.0. The molecule has 0 fully saturated rings. The third-order valence-corrected chi connectivity index (χ3v) is 15.3. The molecule has 0 amide bonds. The minimum atomic E-state index is -1.89. The molecule has 5 heteroatoms. The van der Waals surface area contributed by atoms with Gasteiger partial charge in [-0.15, -0.1) is 0 Å². The Bertz CT molecular complexity index is 482. The van der Waals surface area contributed by atoms with Crippen LogP contribution in [0.3, 0.4) is 0 Å². The Hall–Kier alpha value is -0.236. The van der Waals surface area contributed by atoms with Crippen LogP contribution in [0.4, 0.5) is 0 Å². The van der Waals surface area contributed by atoms with Gasteiger partial charge < -0.3 is 8.85 Å². The highest BCUT2D eigenvalue weighted by Crippen LogP contribution is 2.39. The lowest BCUT2D eigenvalue weighted by atomic mass is 10.00. The summed E-state index contributed by atoms with van der Waals surface area (Å²) in [6.07, 6.45) is 3.90. The highest BCUT2D eigenvalue weighted by Gasteiger charge is 2.41. The van der Waals surface area contributed by atoms with Gasteiger partial charge in [0.15, 0.2) is 16.6 Å². The molecule has 0 aromatic carbocycles. The SMILES string of the molecule is C/C(C=O)=C\[C@H](C)[C@H](CCO[Si](C)(C)C(C)(C)C)O[Si](C)(C)C(C)(C)C. The van der Waals surface area contributed by atoms with Gasteiger partial charge in [-0.3, -0.25) is 4.79 Å². The number of rotatable bonds is 9. The van der Waals surface area contributed by atoms with Crippen molar-refractivity contribution in [2.45, 2.75) is 104 Å². The van der Waals surface area contributed by atoms with Gasteiger partial charge in [-0.1, -0.05) is 54.5 Å². The van der Waals surface area contributed by atoms with Crippen LogP contribution in [-0.4, -0.2) is 35.6 Å². The molecule has 0 aromatic heterocycles. The molecule has 0 saturated heterocycles. The topological polar surface area (TPSA) is 35.5 Å². The fraction of sp³-hybridized carbons (Fsp3) is 0.857. The molecule has 0 aromatic rings.